The number of hydrogen-bond donors (Lipinski definition) is 2. The maximum absolute atomic E-state index is 4.53. The molecule has 4 rings (SSSR count). The highest BCUT2D eigenvalue weighted by Gasteiger charge is 2.11. The van der Waals surface area contributed by atoms with Crippen molar-refractivity contribution in [3.05, 3.63) is 65.7 Å². The molecule has 0 bridgehead atoms. The van der Waals surface area contributed by atoms with E-state index in [1.165, 1.54) is 5.56 Å². The number of aromatic amines is 1. The van der Waals surface area contributed by atoms with Crippen LogP contribution in [0.25, 0.3) is 22.5 Å². The van der Waals surface area contributed by atoms with Crippen molar-refractivity contribution in [3.8, 4) is 22.5 Å². The van der Waals surface area contributed by atoms with E-state index in [0.717, 1.165) is 34.8 Å². The van der Waals surface area contributed by atoms with Gasteiger partial charge in [-0.2, -0.15) is 22.9 Å². The lowest BCUT2D eigenvalue weighted by molar-refractivity contribution is 0.639. The van der Waals surface area contributed by atoms with Crippen molar-refractivity contribution in [1.82, 2.24) is 35.4 Å². The van der Waals surface area contributed by atoms with E-state index in [4.69, 9.17) is 0 Å². The molecule has 0 fully saturated rings. The molecule has 2 aromatic heterocycles. The molecule has 8 heteroatoms. The van der Waals surface area contributed by atoms with Crippen molar-refractivity contribution in [3.63, 3.8) is 0 Å². The van der Waals surface area contributed by atoms with Gasteiger partial charge in [0.25, 0.3) is 0 Å². The molecule has 0 aliphatic heterocycles. The fourth-order valence-corrected chi connectivity index (χ4v) is 3.18. The minimum absolute atomic E-state index is 0.547. The molecule has 0 saturated carbocycles. The third-order valence-corrected chi connectivity index (χ3v) is 4.64. The summed E-state index contributed by atoms with van der Waals surface area (Å²) in [7, 11) is 0. The highest BCUT2D eigenvalue weighted by atomic mass is 32.1. The van der Waals surface area contributed by atoms with E-state index in [1.807, 2.05) is 22.9 Å². The van der Waals surface area contributed by atoms with Crippen molar-refractivity contribution >= 4 is 12.6 Å². The molecule has 27 heavy (non-hydrogen) atoms. The van der Waals surface area contributed by atoms with Crippen LogP contribution in [0.5, 0.6) is 0 Å². The van der Waals surface area contributed by atoms with Crippen LogP contribution in [-0.4, -0.2) is 35.4 Å². The monoisotopic (exact) mass is 377 g/mol. The largest absolute Gasteiger partial charge is 0.245 e. The average Bonchev–Trinajstić information content (AvgIpc) is 3.38. The zero-order valence-electron chi connectivity index (χ0n) is 14.9. The van der Waals surface area contributed by atoms with Gasteiger partial charge in [-0.25, -0.2) is 9.67 Å². The average molecular weight is 377 g/mol. The van der Waals surface area contributed by atoms with Gasteiger partial charge in [0.05, 0.1) is 12.3 Å². The first-order chi connectivity index (χ1) is 13.3. The molecule has 4 aromatic rings. The molecule has 0 saturated heterocycles. The molecule has 136 valence electrons. The summed E-state index contributed by atoms with van der Waals surface area (Å²) in [6, 6.07) is 16.5. The second-order valence-electron chi connectivity index (χ2n) is 6.09. The van der Waals surface area contributed by atoms with Gasteiger partial charge in [0, 0.05) is 12.0 Å². The van der Waals surface area contributed by atoms with Gasteiger partial charge in [0.2, 0.25) is 5.82 Å². The summed E-state index contributed by atoms with van der Waals surface area (Å²) in [5, 5.41) is 18.9. The Kier molecular flexibility index (Phi) is 4.97. The Balaban J connectivity index is 1.61. The molecule has 2 heterocycles. The summed E-state index contributed by atoms with van der Waals surface area (Å²) >= 11 is 4.27. The molecule has 7 nitrogen and oxygen atoms in total. The van der Waals surface area contributed by atoms with Crippen molar-refractivity contribution in [2.75, 3.05) is 0 Å². The SMILES string of the molecule is CCc1nc(CS)nn1Cc1ccc(-c2ccccc2-c2nn[nH]n2)cc1. The lowest BCUT2D eigenvalue weighted by atomic mass is 9.98. The minimum Gasteiger partial charge on any atom is -0.245 e. The summed E-state index contributed by atoms with van der Waals surface area (Å²) < 4.78 is 1.95. The molecule has 0 spiro atoms. The van der Waals surface area contributed by atoms with Crippen LogP contribution in [0.4, 0.5) is 0 Å². The van der Waals surface area contributed by atoms with Crippen LogP contribution in [0.15, 0.2) is 48.5 Å². The summed E-state index contributed by atoms with van der Waals surface area (Å²) in [6.45, 7) is 2.78. The van der Waals surface area contributed by atoms with Gasteiger partial charge in [0.1, 0.15) is 5.82 Å². The van der Waals surface area contributed by atoms with Gasteiger partial charge in [0.15, 0.2) is 5.82 Å². The van der Waals surface area contributed by atoms with Gasteiger partial charge >= 0.3 is 0 Å². The molecule has 0 aliphatic rings. The highest BCUT2D eigenvalue weighted by Crippen LogP contribution is 2.29. The standard InChI is InChI=1S/C19H19N7S/c1-2-18-20-17(12-27)23-26(18)11-13-7-9-14(10-8-13)15-5-3-4-6-16(15)19-21-24-25-22-19/h3-10,27H,2,11-12H2,1H3,(H,21,22,24,25). The number of benzene rings is 2. The molecule has 0 amide bonds. The van der Waals surface area contributed by atoms with Gasteiger partial charge in [-0.05, 0) is 21.9 Å². The number of rotatable bonds is 6. The Morgan fingerprint density at radius 2 is 1.81 bits per heavy atom. The number of hydrogen-bond acceptors (Lipinski definition) is 6. The fraction of sp³-hybridized carbons (Fsp3) is 0.211. The molecule has 0 radical (unpaired) electrons. The molecule has 1 N–H and O–H groups in total. The predicted octanol–water partition coefficient (Wildman–Crippen LogP) is 3.17. The molecular weight excluding hydrogens is 358 g/mol. The first kappa shape index (κ1) is 17.4. The predicted molar refractivity (Wildman–Crippen MR) is 106 cm³/mol. The normalized spacial score (nSPS) is 11.0. The van der Waals surface area contributed by atoms with E-state index >= 15 is 0 Å². The number of tetrazole rings is 1. The Morgan fingerprint density at radius 1 is 1.04 bits per heavy atom. The third-order valence-electron chi connectivity index (χ3n) is 4.36. The minimum atomic E-state index is 0.547. The highest BCUT2D eigenvalue weighted by molar-refractivity contribution is 7.79. The smallest absolute Gasteiger partial charge is 0.205 e. The van der Waals surface area contributed by atoms with Gasteiger partial charge in [-0.1, -0.05) is 55.5 Å². The molecule has 0 atom stereocenters. The Bertz CT molecular complexity index is 1020. The van der Waals surface area contributed by atoms with E-state index in [0.29, 0.717) is 18.1 Å². The second-order valence-corrected chi connectivity index (χ2v) is 6.41. The van der Waals surface area contributed by atoms with Crippen LogP contribution in [0.2, 0.25) is 0 Å². The summed E-state index contributed by atoms with van der Waals surface area (Å²) in [4.78, 5) is 4.50. The number of H-pyrrole nitrogens is 1. The van der Waals surface area contributed by atoms with Crippen LogP contribution in [0.1, 0.15) is 24.1 Å². The van der Waals surface area contributed by atoms with E-state index in [2.05, 4.69) is 80.6 Å². The third kappa shape index (κ3) is 3.61. The number of aromatic nitrogens is 7. The lowest BCUT2D eigenvalue weighted by Gasteiger charge is -2.09. The van der Waals surface area contributed by atoms with Crippen LogP contribution < -0.4 is 0 Å². The summed E-state index contributed by atoms with van der Waals surface area (Å²) in [5.41, 5.74) is 4.28. The van der Waals surface area contributed by atoms with E-state index in [-0.39, 0.29) is 0 Å². The van der Waals surface area contributed by atoms with Gasteiger partial charge in [-0.3, -0.25) is 0 Å². The second kappa shape index (κ2) is 7.71. The van der Waals surface area contributed by atoms with Crippen molar-refractivity contribution < 1.29 is 0 Å². The Hall–Kier alpha value is -3.00. The maximum Gasteiger partial charge on any atom is 0.205 e. The van der Waals surface area contributed by atoms with Crippen molar-refractivity contribution in [2.24, 2.45) is 0 Å². The molecule has 0 aliphatic carbocycles. The first-order valence-electron chi connectivity index (χ1n) is 8.74. The van der Waals surface area contributed by atoms with Crippen LogP contribution >= 0.6 is 12.6 Å². The van der Waals surface area contributed by atoms with Crippen molar-refractivity contribution in [2.45, 2.75) is 25.6 Å². The number of aryl methyl sites for hydroxylation is 1. The van der Waals surface area contributed by atoms with Crippen molar-refractivity contribution in [1.29, 1.82) is 0 Å². The molecule has 0 unspecified atom stereocenters. The Morgan fingerprint density at radius 3 is 2.48 bits per heavy atom. The maximum atomic E-state index is 4.53. The van der Waals surface area contributed by atoms with Crippen LogP contribution in [0, 0.1) is 0 Å². The van der Waals surface area contributed by atoms with E-state index in [1.54, 1.807) is 0 Å². The Labute approximate surface area is 162 Å². The number of nitrogens with one attached hydrogen (secondary N) is 1. The van der Waals surface area contributed by atoms with Gasteiger partial charge in [-0.15, -0.1) is 10.2 Å². The lowest BCUT2D eigenvalue weighted by Crippen LogP contribution is -2.06. The number of nitrogens with zero attached hydrogens (tertiary/aromatic N) is 6. The van der Waals surface area contributed by atoms with E-state index in [9.17, 15) is 0 Å². The summed E-state index contributed by atoms with van der Waals surface area (Å²) in [5.74, 6) is 2.88. The quantitative estimate of drug-likeness (QED) is 0.504. The van der Waals surface area contributed by atoms with Crippen LogP contribution in [-0.2, 0) is 18.7 Å². The van der Waals surface area contributed by atoms with E-state index < -0.39 is 0 Å². The van der Waals surface area contributed by atoms with Gasteiger partial charge < -0.3 is 0 Å². The van der Waals surface area contributed by atoms with Crippen LogP contribution in [0.3, 0.4) is 0 Å². The number of thiol groups is 1. The summed E-state index contributed by atoms with van der Waals surface area (Å²) in [6.07, 6.45) is 0.844. The topological polar surface area (TPSA) is 85.2 Å². The first-order valence-corrected chi connectivity index (χ1v) is 9.37. The molecular formula is C19H19N7S. The zero-order valence-corrected chi connectivity index (χ0v) is 15.8. The fourth-order valence-electron chi connectivity index (χ4n) is 3.05. The molecule has 2 aromatic carbocycles. The zero-order chi connectivity index (χ0) is 18.6.